The highest BCUT2D eigenvalue weighted by Crippen LogP contribution is 2.44. The first-order chi connectivity index (χ1) is 27.3. The highest BCUT2D eigenvalue weighted by molar-refractivity contribution is 7.09. The molecule has 1 aliphatic carbocycles. The summed E-state index contributed by atoms with van der Waals surface area (Å²) in [7, 11) is 0. The minimum Gasteiger partial charge on any atom is -0.409 e. The summed E-state index contributed by atoms with van der Waals surface area (Å²) in [5, 5.41) is 9.24. The number of ether oxygens (including phenoxy) is 1. The Kier molecular flexibility index (Phi) is 14.4. The van der Waals surface area contributed by atoms with E-state index in [1.54, 1.807) is 40.5 Å². The van der Waals surface area contributed by atoms with Crippen molar-refractivity contribution in [2.75, 3.05) is 52.4 Å². The number of thiophene rings is 1. The summed E-state index contributed by atoms with van der Waals surface area (Å²) < 4.78 is 5.67. The maximum atomic E-state index is 14.8. The SMILES string of the molecule is O=C(NCc1cccs1)[C@@H]1CN(C(=O)Oc2ccccc2Cl)CCN1C(=O)[C@@H](CCCCN1CCCCC1)NC1CCC2(CC1)CCN(Cc1ccccc1)C2. The van der Waals surface area contributed by atoms with Crippen LogP contribution in [0.3, 0.4) is 0 Å². The number of hydrogen-bond donors (Lipinski definition) is 2. The minimum absolute atomic E-state index is 0.0401. The number of benzene rings is 2. The maximum Gasteiger partial charge on any atom is 0.415 e. The standard InChI is InChI=1S/C44H59ClN6O4S/c45-37-15-5-6-17-40(37)55-43(54)50-27-28-51(39(32-50)41(52)46-30-36-14-11-29-56-36)42(53)38(16-7-10-25-48-23-8-2-9-24-48)47-35-18-20-44(21-19-35)22-26-49(33-44)31-34-12-3-1-4-13-34/h1,3-6,11-15,17,29,35,38-39,47H,2,7-10,16,18-28,30-33H2,(H,46,52)/t35?,38-,39+,44?/m1/s1. The van der Waals surface area contributed by atoms with E-state index in [4.69, 9.17) is 16.3 Å². The Morgan fingerprint density at radius 3 is 2.41 bits per heavy atom. The molecule has 3 saturated heterocycles. The quantitative estimate of drug-likeness (QED) is 0.167. The third-order valence-corrected chi connectivity index (χ3v) is 13.7. The molecule has 302 valence electrons. The first-order valence-corrected chi connectivity index (χ1v) is 22.2. The second-order valence-corrected chi connectivity index (χ2v) is 17.9. The zero-order chi connectivity index (χ0) is 38.7. The van der Waals surface area contributed by atoms with E-state index in [1.807, 2.05) is 17.5 Å². The molecule has 2 atom stereocenters. The molecule has 0 bridgehead atoms. The van der Waals surface area contributed by atoms with Gasteiger partial charge >= 0.3 is 6.09 Å². The van der Waals surface area contributed by atoms with E-state index in [-0.39, 0.29) is 43.2 Å². The summed E-state index contributed by atoms with van der Waals surface area (Å²) in [5.41, 5.74) is 1.72. The molecule has 1 aromatic heterocycles. The molecule has 7 rings (SSSR count). The molecule has 1 spiro atoms. The number of rotatable bonds is 14. The first-order valence-electron chi connectivity index (χ1n) is 20.9. The van der Waals surface area contributed by atoms with Gasteiger partial charge in [0.15, 0.2) is 5.75 Å². The van der Waals surface area contributed by atoms with E-state index < -0.39 is 18.2 Å². The van der Waals surface area contributed by atoms with Gasteiger partial charge in [0.25, 0.3) is 0 Å². The fraction of sp³-hybridized carbons (Fsp3) is 0.568. The first kappa shape index (κ1) is 40.7. The van der Waals surface area contributed by atoms with Gasteiger partial charge in [-0.25, -0.2) is 4.79 Å². The van der Waals surface area contributed by atoms with Crippen molar-refractivity contribution in [3.63, 3.8) is 0 Å². The number of carbonyl (C=O) groups excluding carboxylic acids is 3. The van der Waals surface area contributed by atoms with Crippen molar-refractivity contribution in [3.05, 3.63) is 87.6 Å². The van der Waals surface area contributed by atoms with Crippen molar-refractivity contribution in [2.24, 2.45) is 5.41 Å². The molecule has 3 aliphatic heterocycles. The molecule has 12 heteroatoms. The van der Waals surface area contributed by atoms with Crippen LogP contribution in [0, 0.1) is 5.41 Å². The molecule has 4 aliphatic rings. The number of piperazine rings is 1. The van der Waals surface area contributed by atoms with Crippen LogP contribution >= 0.6 is 22.9 Å². The average molecular weight is 804 g/mol. The number of likely N-dealkylation sites (tertiary alicyclic amines) is 2. The normalized spacial score (nSPS) is 23.9. The van der Waals surface area contributed by atoms with Crippen LogP contribution in [0.5, 0.6) is 5.75 Å². The number of amides is 3. The topological polar surface area (TPSA) is 97.5 Å². The number of unbranched alkanes of at least 4 members (excludes halogenated alkanes) is 1. The molecule has 3 amide bonds. The van der Waals surface area contributed by atoms with Crippen molar-refractivity contribution in [2.45, 2.75) is 102 Å². The highest BCUT2D eigenvalue weighted by atomic mass is 35.5. The number of para-hydroxylation sites is 1. The fourth-order valence-electron chi connectivity index (χ4n) is 9.27. The Hall–Kier alpha value is -3.48. The molecule has 3 aromatic rings. The number of piperidine rings is 1. The molecule has 2 aromatic carbocycles. The van der Waals surface area contributed by atoms with E-state index in [1.165, 1.54) is 49.2 Å². The smallest absolute Gasteiger partial charge is 0.409 e. The maximum absolute atomic E-state index is 14.8. The largest absolute Gasteiger partial charge is 0.415 e. The lowest BCUT2D eigenvalue weighted by Crippen LogP contribution is -2.64. The van der Waals surface area contributed by atoms with Crippen LogP contribution in [0.25, 0.3) is 0 Å². The van der Waals surface area contributed by atoms with Gasteiger partial charge in [0.05, 0.1) is 24.2 Å². The van der Waals surface area contributed by atoms with Crippen LogP contribution in [-0.4, -0.2) is 108 Å². The van der Waals surface area contributed by atoms with Crippen molar-refractivity contribution >= 4 is 40.8 Å². The second kappa shape index (κ2) is 19.8. The number of carbonyl (C=O) groups is 3. The highest BCUT2D eigenvalue weighted by Gasteiger charge is 2.43. The van der Waals surface area contributed by atoms with Crippen molar-refractivity contribution < 1.29 is 19.1 Å². The summed E-state index contributed by atoms with van der Waals surface area (Å²) in [4.78, 5) is 51.7. The Bertz CT molecular complexity index is 1710. The predicted molar refractivity (Wildman–Crippen MR) is 223 cm³/mol. The van der Waals surface area contributed by atoms with Crippen LogP contribution in [-0.2, 0) is 22.7 Å². The van der Waals surface area contributed by atoms with Gasteiger partial charge in [0, 0.05) is 37.1 Å². The van der Waals surface area contributed by atoms with E-state index >= 15 is 0 Å². The second-order valence-electron chi connectivity index (χ2n) is 16.4. The summed E-state index contributed by atoms with van der Waals surface area (Å²) in [6, 6.07) is 20.6. The van der Waals surface area contributed by atoms with Gasteiger partial charge < -0.3 is 30.1 Å². The summed E-state index contributed by atoms with van der Waals surface area (Å²) in [6.45, 7) is 7.58. The van der Waals surface area contributed by atoms with Gasteiger partial charge in [-0.1, -0.05) is 73.0 Å². The van der Waals surface area contributed by atoms with E-state index in [9.17, 15) is 14.4 Å². The summed E-state index contributed by atoms with van der Waals surface area (Å²) in [5.74, 6) is -0.0544. The van der Waals surface area contributed by atoms with Gasteiger partial charge in [-0.15, -0.1) is 11.3 Å². The molecule has 4 heterocycles. The van der Waals surface area contributed by atoms with Crippen molar-refractivity contribution in [1.29, 1.82) is 0 Å². The molecule has 56 heavy (non-hydrogen) atoms. The molecule has 0 unspecified atom stereocenters. The zero-order valence-corrected chi connectivity index (χ0v) is 34.3. The third kappa shape index (κ3) is 10.9. The van der Waals surface area contributed by atoms with Crippen LogP contribution < -0.4 is 15.4 Å². The van der Waals surface area contributed by atoms with Crippen LogP contribution in [0.4, 0.5) is 4.79 Å². The van der Waals surface area contributed by atoms with Crippen molar-refractivity contribution in [1.82, 2.24) is 30.2 Å². The monoisotopic (exact) mass is 802 g/mol. The Balaban J connectivity index is 1.02. The molecule has 10 nitrogen and oxygen atoms in total. The van der Waals surface area contributed by atoms with E-state index in [0.29, 0.717) is 17.0 Å². The van der Waals surface area contributed by atoms with Crippen LogP contribution in [0.15, 0.2) is 72.1 Å². The van der Waals surface area contributed by atoms with Crippen LogP contribution in [0.2, 0.25) is 5.02 Å². The molecular weight excluding hydrogens is 744 g/mol. The van der Waals surface area contributed by atoms with Gasteiger partial charge in [-0.2, -0.15) is 0 Å². The molecule has 4 fully saturated rings. The predicted octanol–water partition coefficient (Wildman–Crippen LogP) is 7.18. The minimum atomic E-state index is -0.851. The van der Waals surface area contributed by atoms with Crippen molar-refractivity contribution in [3.8, 4) is 5.75 Å². The number of hydrogen-bond acceptors (Lipinski definition) is 8. The zero-order valence-electron chi connectivity index (χ0n) is 32.7. The van der Waals surface area contributed by atoms with Gasteiger partial charge in [0.1, 0.15) is 6.04 Å². The Labute approximate surface area is 341 Å². The van der Waals surface area contributed by atoms with E-state index in [2.05, 4.69) is 50.8 Å². The fourth-order valence-corrected chi connectivity index (χ4v) is 10.1. The average Bonchev–Trinajstić information content (AvgIpc) is 3.90. The lowest BCUT2D eigenvalue weighted by atomic mass is 9.72. The molecule has 2 N–H and O–H groups in total. The van der Waals surface area contributed by atoms with Gasteiger partial charge in [-0.05, 0) is 119 Å². The molecular formula is C44H59ClN6O4S. The molecule has 1 saturated carbocycles. The number of nitrogens with one attached hydrogen (secondary N) is 2. The van der Waals surface area contributed by atoms with E-state index in [0.717, 1.165) is 76.0 Å². The lowest BCUT2D eigenvalue weighted by molar-refractivity contribution is -0.145. The number of halogens is 1. The van der Waals surface area contributed by atoms with Gasteiger partial charge in [-0.3, -0.25) is 14.5 Å². The Morgan fingerprint density at radius 2 is 1.64 bits per heavy atom. The summed E-state index contributed by atoms with van der Waals surface area (Å²) >= 11 is 7.87. The van der Waals surface area contributed by atoms with Gasteiger partial charge in [0.2, 0.25) is 11.8 Å². The lowest BCUT2D eigenvalue weighted by Gasteiger charge is -2.43. The molecule has 0 radical (unpaired) electrons. The Morgan fingerprint density at radius 1 is 0.857 bits per heavy atom. The number of nitrogens with zero attached hydrogens (tertiary/aromatic N) is 4. The van der Waals surface area contributed by atoms with Crippen LogP contribution in [0.1, 0.15) is 81.1 Å². The third-order valence-electron chi connectivity index (χ3n) is 12.5. The summed E-state index contributed by atoms with van der Waals surface area (Å²) in [6.07, 6.45) is 11.6.